The Morgan fingerprint density at radius 1 is 0.840 bits per heavy atom. The first-order chi connectivity index (χ1) is 12.3. The van der Waals surface area contributed by atoms with Crippen molar-refractivity contribution in [3.63, 3.8) is 0 Å². The molecule has 0 aliphatic heterocycles. The first-order valence-electron chi connectivity index (χ1n) is 9.61. The Bertz CT molecular complexity index is 639. The Hall–Kier alpha value is -1.41. The molecule has 0 N–H and O–H groups in total. The van der Waals surface area contributed by atoms with Crippen LogP contribution in [0, 0.1) is 6.92 Å². The van der Waals surface area contributed by atoms with Crippen molar-refractivity contribution in [1.29, 1.82) is 0 Å². The number of hydrogen-bond donors (Lipinski definition) is 0. The normalized spacial score (nSPS) is 11.0. The van der Waals surface area contributed by atoms with Crippen LogP contribution in [-0.4, -0.2) is 19.1 Å². The maximum Gasteiger partial charge on any atom is 0.122 e. The van der Waals surface area contributed by atoms with Gasteiger partial charge in [0, 0.05) is 5.88 Å². The van der Waals surface area contributed by atoms with Gasteiger partial charge in [0.2, 0.25) is 0 Å². The summed E-state index contributed by atoms with van der Waals surface area (Å²) < 4.78 is 11.8. The molecule has 138 valence electrons. The van der Waals surface area contributed by atoms with Crippen LogP contribution in [0.1, 0.15) is 57.4 Å². The van der Waals surface area contributed by atoms with Gasteiger partial charge in [0.05, 0.1) is 13.2 Å². The van der Waals surface area contributed by atoms with E-state index in [0.717, 1.165) is 56.3 Å². The third-order valence-corrected chi connectivity index (χ3v) is 4.78. The van der Waals surface area contributed by atoms with Gasteiger partial charge in [-0.1, -0.05) is 38.3 Å². The van der Waals surface area contributed by atoms with Gasteiger partial charge in [0.15, 0.2) is 0 Å². The number of halogens is 1. The summed E-state index contributed by atoms with van der Waals surface area (Å²) >= 11 is 5.69. The van der Waals surface area contributed by atoms with Crippen LogP contribution >= 0.6 is 11.6 Å². The molecule has 0 amide bonds. The molecule has 2 aromatic rings. The number of ether oxygens (including phenoxy) is 2. The fraction of sp³-hybridized carbons (Fsp3) is 0.545. The highest BCUT2D eigenvalue weighted by Crippen LogP contribution is 2.30. The molecule has 0 saturated heterocycles. The molecule has 2 aromatic carbocycles. The molecular formula is C22H31ClO2. The molecule has 0 bridgehead atoms. The van der Waals surface area contributed by atoms with Crippen LogP contribution in [0.5, 0.6) is 11.5 Å². The number of alkyl halides is 1. The van der Waals surface area contributed by atoms with Gasteiger partial charge in [0.25, 0.3) is 0 Å². The van der Waals surface area contributed by atoms with Crippen molar-refractivity contribution in [2.24, 2.45) is 0 Å². The molecule has 0 heterocycles. The number of benzene rings is 2. The topological polar surface area (TPSA) is 18.5 Å². The van der Waals surface area contributed by atoms with E-state index in [4.69, 9.17) is 21.1 Å². The fourth-order valence-corrected chi connectivity index (χ4v) is 3.15. The number of fused-ring (bicyclic) bond motifs is 1. The van der Waals surface area contributed by atoms with Gasteiger partial charge in [-0.2, -0.15) is 0 Å². The molecule has 3 heteroatoms. The Kier molecular flexibility index (Phi) is 8.96. The molecule has 0 fully saturated rings. The molecule has 2 rings (SSSR count). The minimum atomic E-state index is 0.734. The van der Waals surface area contributed by atoms with Crippen molar-refractivity contribution in [1.82, 2.24) is 0 Å². The van der Waals surface area contributed by atoms with Crippen LogP contribution in [-0.2, 0) is 0 Å². The van der Waals surface area contributed by atoms with E-state index >= 15 is 0 Å². The van der Waals surface area contributed by atoms with Crippen LogP contribution in [0.4, 0.5) is 0 Å². The quantitative estimate of drug-likeness (QED) is 0.302. The smallest absolute Gasteiger partial charge is 0.122 e. The molecular weight excluding hydrogens is 332 g/mol. The largest absolute Gasteiger partial charge is 0.494 e. The summed E-state index contributed by atoms with van der Waals surface area (Å²) in [4.78, 5) is 0. The minimum absolute atomic E-state index is 0.734. The molecule has 25 heavy (non-hydrogen) atoms. The highest BCUT2D eigenvalue weighted by Gasteiger charge is 2.06. The number of rotatable bonds is 12. The predicted octanol–water partition coefficient (Wildman–Crippen LogP) is 6.90. The summed E-state index contributed by atoms with van der Waals surface area (Å²) in [5, 5.41) is 2.44. The van der Waals surface area contributed by atoms with Crippen molar-refractivity contribution in [2.45, 2.75) is 58.8 Å². The van der Waals surface area contributed by atoms with E-state index in [0.29, 0.717) is 0 Å². The second-order valence-corrected chi connectivity index (χ2v) is 6.96. The summed E-state index contributed by atoms with van der Waals surface area (Å²) in [5.74, 6) is 2.67. The highest BCUT2D eigenvalue weighted by atomic mass is 35.5. The van der Waals surface area contributed by atoms with Crippen LogP contribution < -0.4 is 9.47 Å². The number of aryl methyl sites for hydroxylation is 1. The lowest BCUT2D eigenvalue weighted by molar-refractivity contribution is 0.303. The van der Waals surface area contributed by atoms with E-state index < -0.39 is 0 Å². The average Bonchev–Trinajstić information content (AvgIpc) is 2.63. The average molecular weight is 363 g/mol. The van der Waals surface area contributed by atoms with Crippen molar-refractivity contribution in [2.75, 3.05) is 19.1 Å². The SMILES string of the molecule is CCCCCCOc1ccc2cc(OCCCCCCl)ccc2c1C. The van der Waals surface area contributed by atoms with Crippen molar-refractivity contribution >= 4 is 22.4 Å². The summed E-state index contributed by atoms with van der Waals surface area (Å²) in [6.45, 7) is 5.92. The van der Waals surface area contributed by atoms with Crippen LogP contribution in [0.25, 0.3) is 10.8 Å². The Morgan fingerprint density at radius 3 is 2.36 bits per heavy atom. The van der Waals surface area contributed by atoms with Crippen LogP contribution in [0.2, 0.25) is 0 Å². The molecule has 0 aromatic heterocycles. The third kappa shape index (κ3) is 6.43. The second-order valence-electron chi connectivity index (χ2n) is 6.58. The van der Waals surface area contributed by atoms with Crippen molar-refractivity contribution in [3.8, 4) is 11.5 Å². The zero-order chi connectivity index (χ0) is 17.9. The minimum Gasteiger partial charge on any atom is -0.494 e. The lowest BCUT2D eigenvalue weighted by atomic mass is 10.0. The summed E-state index contributed by atoms with van der Waals surface area (Å²) in [7, 11) is 0. The number of hydrogen-bond acceptors (Lipinski definition) is 2. The van der Waals surface area contributed by atoms with Gasteiger partial charge < -0.3 is 9.47 Å². The maximum absolute atomic E-state index is 5.98. The maximum atomic E-state index is 5.98. The van der Waals surface area contributed by atoms with E-state index in [1.807, 2.05) is 0 Å². The summed E-state index contributed by atoms with van der Waals surface area (Å²) in [6.07, 6.45) is 8.14. The van der Waals surface area contributed by atoms with Gasteiger partial charge >= 0.3 is 0 Å². The summed E-state index contributed by atoms with van der Waals surface area (Å²) in [6, 6.07) is 10.5. The van der Waals surface area contributed by atoms with Gasteiger partial charge in [-0.25, -0.2) is 0 Å². The summed E-state index contributed by atoms with van der Waals surface area (Å²) in [5.41, 5.74) is 1.21. The van der Waals surface area contributed by atoms with Crippen LogP contribution in [0.15, 0.2) is 30.3 Å². The van der Waals surface area contributed by atoms with E-state index in [2.05, 4.69) is 44.2 Å². The first-order valence-corrected chi connectivity index (χ1v) is 10.1. The first kappa shape index (κ1) is 19.9. The Morgan fingerprint density at radius 2 is 1.60 bits per heavy atom. The third-order valence-electron chi connectivity index (χ3n) is 4.51. The highest BCUT2D eigenvalue weighted by molar-refractivity contribution is 6.17. The monoisotopic (exact) mass is 362 g/mol. The molecule has 0 aliphatic rings. The Labute approximate surface area is 157 Å². The van der Waals surface area contributed by atoms with Gasteiger partial charge in [-0.3, -0.25) is 0 Å². The molecule has 0 unspecified atom stereocenters. The Balaban J connectivity index is 1.93. The standard InChI is InChI=1S/C22H31ClO2/c1-3-4-5-8-16-25-22-13-10-19-17-20(11-12-21(19)18(22)2)24-15-9-6-7-14-23/h10-13,17H,3-9,14-16H2,1-2H3. The molecule has 0 aliphatic carbocycles. The van der Waals surface area contributed by atoms with Crippen LogP contribution in [0.3, 0.4) is 0 Å². The molecule has 0 atom stereocenters. The lowest BCUT2D eigenvalue weighted by Crippen LogP contribution is -2.00. The van der Waals surface area contributed by atoms with E-state index in [9.17, 15) is 0 Å². The van der Waals surface area contributed by atoms with Gasteiger partial charge in [0.1, 0.15) is 11.5 Å². The second kappa shape index (κ2) is 11.3. The van der Waals surface area contributed by atoms with Crippen molar-refractivity contribution < 1.29 is 9.47 Å². The van der Waals surface area contributed by atoms with E-state index in [1.54, 1.807) is 0 Å². The predicted molar refractivity (Wildman–Crippen MR) is 108 cm³/mol. The molecule has 0 saturated carbocycles. The van der Waals surface area contributed by atoms with Crippen molar-refractivity contribution in [3.05, 3.63) is 35.9 Å². The molecule has 2 nitrogen and oxygen atoms in total. The van der Waals surface area contributed by atoms with E-state index in [1.165, 1.54) is 35.6 Å². The molecule has 0 radical (unpaired) electrons. The fourth-order valence-electron chi connectivity index (χ4n) is 2.96. The van der Waals surface area contributed by atoms with Gasteiger partial charge in [-0.05, 0) is 67.1 Å². The van der Waals surface area contributed by atoms with Gasteiger partial charge in [-0.15, -0.1) is 11.6 Å². The molecule has 0 spiro atoms. The van der Waals surface area contributed by atoms with E-state index in [-0.39, 0.29) is 0 Å². The zero-order valence-corrected chi connectivity index (χ0v) is 16.4. The zero-order valence-electron chi connectivity index (χ0n) is 15.7. The lowest BCUT2D eigenvalue weighted by Gasteiger charge is -2.13. The number of unbranched alkanes of at least 4 members (excludes halogenated alkanes) is 5.